The number of nitrogens with zero attached hydrogens (tertiary/aromatic N) is 3. The molecule has 2 heterocycles. The average Bonchev–Trinajstić information content (AvgIpc) is 3.08. The number of nitrogens with one attached hydrogen (secondary N) is 1. The highest BCUT2D eigenvalue weighted by Crippen LogP contribution is 2.19. The van der Waals surface area contributed by atoms with Gasteiger partial charge in [0.2, 0.25) is 0 Å². The number of hydrogen-bond acceptors (Lipinski definition) is 3. The molecule has 0 aliphatic carbocycles. The Kier molecular flexibility index (Phi) is 9.32. The molecule has 0 aromatic heterocycles. The van der Waals surface area contributed by atoms with E-state index in [2.05, 4.69) is 53.2 Å². The summed E-state index contributed by atoms with van der Waals surface area (Å²) < 4.78 is 0. The van der Waals surface area contributed by atoms with Crippen molar-refractivity contribution >= 4 is 29.9 Å². The number of benzene rings is 1. The third-order valence-electron chi connectivity index (χ3n) is 5.56. The number of rotatable bonds is 5. The van der Waals surface area contributed by atoms with Crippen LogP contribution in [0.2, 0.25) is 0 Å². The first-order valence-corrected chi connectivity index (χ1v) is 10.2. The van der Waals surface area contributed by atoms with E-state index in [1.54, 1.807) is 0 Å². The van der Waals surface area contributed by atoms with Gasteiger partial charge in [-0.05, 0) is 50.8 Å². The SMILES string of the molecule is CCNC(=NCc1ccc(CN2CCCCC2C)cc1)N1CC[C@@H](O)C1.I. The number of aliphatic hydroxyl groups excluding tert-OH is 1. The summed E-state index contributed by atoms with van der Waals surface area (Å²) in [6.45, 7) is 9.78. The first-order valence-electron chi connectivity index (χ1n) is 10.2. The van der Waals surface area contributed by atoms with Crippen molar-refractivity contribution in [2.45, 2.75) is 64.8 Å². The summed E-state index contributed by atoms with van der Waals surface area (Å²) in [7, 11) is 0. The Hall–Kier alpha value is -0.860. The van der Waals surface area contributed by atoms with Crippen molar-refractivity contribution in [1.29, 1.82) is 0 Å². The van der Waals surface area contributed by atoms with E-state index in [4.69, 9.17) is 4.99 Å². The van der Waals surface area contributed by atoms with Gasteiger partial charge < -0.3 is 15.3 Å². The number of β-amino-alcohol motifs (C(OH)–C–C–N with tert-alkyl or cyclic N) is 1. The summed E-state index contributed by atoms with van der Waals surface area (Å²) >= 11 is 0. The average molecular weight is 486 g/mol. The maximum atomic E-state index is 9.76. The van der Waals surface area contributed by atoms with Crippen molar-refractivity contribution in [1.82, 2.24) is 15.1 Å². The molecule has 0 radical (unpaired) electrons. The van der Waals surface area contributed by atoms with Crippen molar-refractivity contribution in [3.05, 3.63) is 35.4 Å². The summed E-state index contributed by atoms with van der Waals surface area (Å²) in [4.78, 5) is 9.52. The van der Waals surface area contributed by atoms with E-state index in [0.29, 0.717) is 19.1 Å². The molecule has 2 N–H and O–H groups in total. The second-order valence-corrected chi connectivity index (χ2v) is 7.69. The van der Waals surface area contributed by atoms with E-state index >= 15 is 0 Å². The minimum Gasteiger partial charge on any atom is -0.391 e. The van der Waals surface area contributed by atoms with Crippen LogP contribution in [0.25, 0.3) is 0 Å². The van der Waals surface area contributed by atoms with Crippen LogP contribution < -0.4 is 5.32 Å². The van der Waals surface area contributed by atoms with E-state index in [1.807, 2.05) is 0 Å². The van der Waals surface area contributed by atoms with Gasteiger partial charge in [0.15, 0.2) is 5.96 Å². The van der Waals surface area contributed by atoms with Gasteiger partial charge in [-0.2, -0.15) is 0 Å². The molecular weight excluding hydrogens is 451 g/mol. The molecule has 1 aromatic carbocycles. The second-order valence-electron chi connectivity index (χ2n) is 7.69. The Morgan fingerprint density at radius 1 is 1.15 bits per heavy atom. The molecule has 0 amide bonds. The number of aliphatic imine (C=N–C) groups is 1. The van der Waals surface area contributed by atoms with E-state index in [0.717, 1.165) is 32.0 Å². The maximum absolute atomic E-state index is 9.76. The van der Waals surface area contributed by atoms with Gasteiger partial charge in [0.25, 0.3) is 0 Å². The number of piperidine rings is 1. The van der Waals surface area contributed by atoms with Crippen molar-refractivity contribution < 1.29 is 5.11 Å². The summed E-state index contributed by atoms with van der Waals surface area (Å²) in [5, 5.41) is 13.1. The number of halogens is 1. The van der Waals surface area contributed by atoms with Crippen LogP contribution in [0.1, 0.15) is 50.7 Å². The van der Waals surface area contributed by atoms with E-state index < -0.39 is 0 Å². The Labute approximate surface area is 181 Å². The first kappa shape index (κ1) is 22.4. The lowest BCUT2D eigenvalue weighted by Gasteiger charge is -2.33. The molecule has 6 heteroatoms. The van der Waals surface area contributed by atoms with Crippen LogP contribution in [0.3, 0.4) is 0 Å². The molecule has 0 bridgehead atoms. The van der Waals surface area contributed by atoms with Gasteiger partial charge in [-0.1, -0.05) is 30.7 Å². The van der Waals surface area contributed by atoms with E-state index in [9.17, 15) is 5.11 Å². The highest BCUT2D eigenvalue weighted by atomic mass is 127. The molecule has 0 spiro atoms. The fraction of sp³-hybridized carbons (Fsp3) is 0.667. The van der Waals surface area contributed by atoms with Crippen LogP contribution >= 0.6 is 24.0 Å². The predicted molar refractivity (Wildman–Crippen MR) is 123 cm³/mol. The molecule has 5 nitrogen and oxygen atoms in total. The molecule has 1 unspecified atom stereocenters. The Bertz CT molecular complexity index is 592. The fourth-order valence-electron chi connectivity index (χ4n) is 3.90. The molecule has 2 aliphatic heterocycles. The van der Waals surface area contributed by atoms with E-state index in [1.165, 1.54) is 36.9 Å². The summed E-state index contributed by atoms with van der Waals surface area (Å²) in [6.07, 6.45) is 4.63. The second kappa shape index (κ2) is 11.2. The first-order chi connectivity index (χ1) is 12.7. The number of hydrogen-bond donors (Lipinski definition) is 2. The normalized spacial score (nSPS) is 24.0. The Morgan fingerprint density at radius 2 is 1.89 bits per heavy atom. The maximum Gasteiger partial charge on any atom is 0.194 e. The van der Waals surface area contributed by atoms with Gasteiger partial charge in [-0.15, -0.1) is 24.0 Å². The van der Waals surface area contributed by atoms with Gasteiger partial charge in [0.1, 0.15) is 0 Å². The van der Waals surface area contributed by atoms with Gasteiger partial charge in [0.05, 0.1) is 12.6 Å². The van der Waals surface area contributed by atoms with Gasteiger partial charge in [0, 0.05) is 32.2 Å². The third-order valence-corrected chi connectivity index (χ3v) is 5.56. The van der Waals surface area contributed by atoms with Crippen LogP contribution in [-0.4, -0.2) is 59.2 Å². The molecule has 1 aromatic rings. The highest BCUT2D eigenvalue weighted by Gasteiger charge is 2.22. The Balaban J connectivity index is 0.00000261. The van der Waals surface area contributed by atoms with Crippen LogP contribution in [0.4, 0.5) is 0 Å². The number of aliphatic hydroxyl groups is 1. The topological polar surface area (TPSA) is 51.1 Å². The Morgan fingerprint density at radius 3 is 2.52 bits per heavy atom. The lowest BCUT2D eigenvalue weighted by atomic mass is 10.0. The van der Waals surface area contributed by atoms with Crippen molar-refractivity contribution in [3.63, 3.8) is 0 Å². The van der Waals surface area contributed by atoms with Crippen molar-refractivity contribution in [2.75, 3.05) is 26.2 Å². The summed E-state index contributed by atoms with van der Waals surface area (Å²) in [5.41, 5.74) is 2.62. The number of likely N-dealkylation sites (tertiary alicyclic amines) is 2. The fourth-order valence-corrected chi connectivity index (χ4v) is 3.90. The van der Waals surface area contributed by atoms with Crippen LogP contribution in [-0.2, 0) is 13.1 Å². The molecule has 2 aliphatic rings. The highest BCUT2D eigenvalue weighted by molar-refractivity contribution is 14.0. The largest absolute Gasteiger partial charge is 0.391 e. The van der Waals surface area contributed by atoms with Crippen molar-refractivity contribution in [2.24, 2.45) is 4.99 Å². The van der Waals surface area contributed by atoms with Gasteiger partial charge >= 0.3 is 0 Å². The quantitative estimate of drug-likeness (QED) is 0.382. The zero-order valence-electron chi connectivity index (χ0n) is 16.7. The zero-order valence-corrected chi connectivity index (χ0v) is 19.1. The molecule has 3 rings (SSSR count). The monoisotopic (exact) mass is 486 g/mol. The molecule has 2 saturated heterocycles. The smallest absolute Gasteiger partial charge is 0.194 e. The third kappa shape index (κ3) is 6.61. The molecule has 0 saturated carbocycles. The van der Waals surface area contributed by atoms with Gasteiger partial charge in [-0.3, -0.25) is 4.90 Å². The molecule has 152 valence electrons. The molecule has 2 fully saturated rings. The van der Waals surface area contributed by atoms with Crippen molar-refractivity contribution in [3.8, 4) is 0 Å². The number of guanidine groups is 1. The zero-order chi connectivity index (χ0) is 18.4. The molecule has 27 heavy (non-hydrogen) atoms. The van der Waals surface area contributed by atoms with Crippen LogP contribution in [0, 0.1) is 0 Å². The minimum absolute atomic E-state index is 0. The summed E-state index contributed by atoms with van der Waals surface area (Å²) in [5.74, 6) is 0.912. The predicted octanol–water partition coefficient (Wildman–Crippen LogP) is 3.21. The minimum atomic E-state index is -0.227. The molecule has 2 atom stereocenters. The van der Waals surface area contributed by atoms with E-state index in [-0.39, 0.29) is 30.1 Å². The van der Waals surface area contributed by atoms with Crippen LogP contribution in [0.5, 0.6) is 0 Å². The van der Waals surface area contributed by atoms with Gasteiger partial charge in [-0.25, -0.2) is 4.99 Å². The lowest BCUT2D eigenvalue weighted by molar-refractivity contribution is 0.152. The standard InChI is InChI=1S/C21H34N4O.HI/c1-3-22-21(25-13-11-20(26)16-25)23-14-18-7-9-19(10-8-18)15-24-12-5-4-6-17(24)2;/h7-10,17,20,26H,3-6,11-16H2,1-2H3,(H,22,23);1H/t17?,20-;/m1./s1. The summed E-state index contributed by atoms with van der Waals surface area (Å²) in [6, 6.07) is 9.61. The molecular formula is C21H35IN4O. The van der Waals surface area contributed by atoms with Crippen LogP contribution in [0.15, 0.2) is 29.3 Å². The lowest BCUT2D eigenvalue weighted by Crippen LogP contribution is -2.40.